The van der Waals surface area contributed by atoms with Crippen molar-refractivity contribution in [1.82, 2.24) is 9.88 Å². The molecular formula is C18H25ClN2O. The summed E-state index contributed by atoms with van der Waals surface area (Å²) in [6, 6.07) is 7.93. The first kappa shape index (κ1) is 17.2. The Balaban J connectivity index is 2.27. The monoisotopic (exact) mass is 320 g/mol. The normalized spacial score (nSPS) is 12.3. The summed E-state index contributed by atoms with van der Waals surface area (Å²) >= 11 is 6.27. The standard InChI is InChI=1S/C18H25ClN2O/c1-18(2,3)13-21(10-5-11-22)12-14-7-8-16(19)15-6-4-9-20-17(14)15/h4,6-9,22H,5,10-13H2,1-3H3. The lowest BCUT2D eigenvalue weighted by atomic mass is 9.95. The second-order valence-corrected chi connectivity index (χ2v) is 7.36. The lowest BCUT2D eigenvalue weighted by molar-refractivity contribution is 0.166. The van der Waals surface area contributed by atoms with Crippen molar-refractivity contribution in [3.63, 3.8) is 0 Å². The van der Waals surface area contributed by atoms with E-state index in [9.17, 15) is 0 Å². The third kappa shape index (κ3) is 4.67. The van der Waals surface area contributed by atoms with Gasteiger partial charge in [0, 0.05) is 42.8 Å². The summed E-state index contributed by atoms with van der Waals surface area (Å²) in [5.41, 5.74) is 2.37. The average Bonchev–Trinajstić information content (AvgIpc) is 2.46. The molecule has 3 nitrogen and oxygen atoms in total. The topological polar surface area (TPSA) is 36.4 Å². The van der Waals surface area contributed by atoms with Gasteiger partial charge in [0.1, 0.15) is 0 Å². The number of rotatable bonds is 6. The molecule has 1 heterocycles. The predicted molar refractivity (Wildman–Crippen MR) is 93.2 cm³/mol. The van der Waals surface area contributed by atoms with Crippen LogP contribution in [0.3, 0.4) is 0 Å². The maximum absolute atomic E-state index is 9.13. The molecule has 0 aliphatic carbocycles. The zero-order chi connectivity index (χ0) is 16.2. The zero-order valence-electron chi connectivity index (χ0n) is 13.6. The van der Waals surface area contributed by atoms with E-state index < -0.39 is 0 Å². The van der Waals surface area contributed by atoms with Crippen molar-refractivity contribution >= 4 is 22.5 Å². The van der Waals surface area contributed by atoms with Crippen LogP contribution in [0.15, 0.2) is 30.5 Å². The largest absolute Gasteiger partial charge is 0.396 e. The fourth-order valence-corrected chi connectivity index (χ4v) is 2.96. The molecule has 22 heavy (non-hydrogen) atoms. The lowest BCUT2D eigenvalue weighted by Gasteiger charge is -2.30. The Hall–Kier alpha value is -1.16. The van der Waals surface area contributed by atoms with E-state index in [1.807, 2.05) is 24.4 Å². The Morgan fingerprint density at radius 1 is 1.23 bits per heavy atom. The van der Waals surface area contributed by atoms with Gasteiger partial charge < -0.3 is 5.11 Å². The molecule has 0 aliphatic rings. The highest BCUT2D eigenvalue weighted by molar-refractivity contribution is 6.35. The lowest BCUT2D eigenvalue weighted by Crippen LogP contribution is -2.33. The van der Waals surface area contributed by atoms with Gasteiger partial charge in [-0.1, -0.05) is 38.4 Å². The quantitative estimate of drug-likeness (QED) is 0.869. The summed E-state index contributed by atoms with van der Waals surface area (Å²) in [4.78, 5) is 6.89. The van der Waals surface area contributed by atoms with E-state index in [4.69, 9.17) is 16.7 Å². The fourth-order valence-electron chi connectivity index (χ4n) is 2.74. The number of hydrogen-bond donors (Lipinski definition) is 1. The van der Waals surface area contributed by atoms with Gasteiger partial charge in [-0.15, -0.1) is 0 Å². The summed E-state index contributed by atoms with van der Waals surface area (Å²) in [6.45, 7) is 9.60. The Morgan fingerprint density at radius 3 is 2.68 bits per heavy atom. The van der Waals surface area contributed by atoms with E-state index >= 15 is 0 Å². The van der Waals surface area contributed by atoms with Gasteiger partial charge in [0.05, 0.1) is 5.52 Å². The third-order valence-corrected chi connectivity index (χ3v) is 3.85. The second kappa shape index (κ2) is 7.40. The molecule has 0 fully saturated rings. The van der Waals surface area contributed by atoms with Gasteiger partial charge in [0.2, 0.25) is 0 Å². The third-order valence-electron chi connectivity index (χ3n) is 3.52. The first-order chi connectivity index (χ1) is 10.4. The number of pyridine rings is 1. The molecule has 0 saturated carbocycles. The van der Waals surface area contributed by atoms with Crippen LogP contribution < -0.4 is 0 Å². The van der Waals surface area contributed by atoms with Gasteiger partial charge >= 0.3 is 0 Å². The molecule has 0 spiro atoms. The molecule has 0 bridgehead atoms. The van der Waals surface area contributed by atoms with Crippen LogP contribution in [-0.4, -0.2) is 34.7 Å². The molecule has 0 radical (unpaired) electrons. The molecule has 4 heteroatoms. The van der Waals surface area contributed by atoms with E-state index in [1.54, 1.807) is 0 Å². The minimum atomic E-state index is 0.213. The van der Waals surface area contributed by atoms with Gasteiger partial charge in [-0.3, -0.25) is 9.88 Å². The van der Waals surface area contributed by atoms with Crippen LogP contribution in [-0.2, 0) is 6.54 Å². The smallest absolute Gasteiger partial charge is 0.0761 e. The van der Waals surface area contributed by atoms with Crippen LogP contribution in [0.4, 0.5) is 0 Å². The molecule has 0 unspecified atom stereocenters. The summed E-state index contributed by atoms with van der Waals surface area (Å²) in [5, 5.41) is 10.9. The van der Waals surface area contributed by atoms with Crippen LogP contribution in [0.5, 0.6) is 0 Å². The number of hydrogen-bond acceptors (Lipinski definition) is 3. The first-order valence-corrected chi connectivity index (χ1v) is 8.14. The van der Waals surface area contributed by atoms with E-state index in [1.165, 1.54) is 5.56 Å². The Bertz CT molecular complexity index is 622. The molecule has 0 amide bonds. The molecule has 2 rings (SSSR count). The SMILES string of the molecule is CC(C)(C)CN(CCCO)Cc1ccc(Cl)c2cccnc12. The van der Waals surface area contributed by atoms with Crippen molar-refractivity contribution in [3.05, 3.63) is 41.0 Å². The van der Waals surface area contributed by atoms with Gasteiger partial charge in [-0.2, -0.15) is 0 Å². The Morgan fingerprint density at radius 2 is 2.00 bits per heavy atom. The minimum absolute atomic E-state index is 0.213. The predicted octanol–water partition coefficient (Wildman–Crippen LogP) is 4.12. The van der Waals surface area contributed by atoms with Crippen LogP contribution >= 0.6 is 11.6 Å². The van der Waals surface area contributed by atoms with E-state index in [0.29, 0.717) is 0 Å². The maximum atomic E-state index is 9.13. The van der Waals surface area contributed by atoms with Crippen LogP contribution in [0, 0.1) is 5.41 Å². The van der Waals surface area contributed by atoms with Gasteiger partial charge in [0.15, 0.2) is 0 Å². The van der Waals surface area contributed by atoms with Gasteiger partial charge in [0.25, 0.3) is 0 Å². The molecule has 1 aromatic heterocycles. The first-order valence-electron chi connectivity index (χ1n) is 7.76. The van der Waals surface area contributed by atoms with Crippen molar-refractivity contribution in [2.24, 2.45) is 5.41 Å². The highest BCUT2D eigenvalue weighted by Gasteiger charge is 2.17. The number of aliphatic hydroxyl groups excluding tert-OH is 1. The number of halogens is 1. The fraction of sp³-hybridized carbons (Fsp3) is 0.500. The van der Waals surface area contributed by atoms with E-state index in [-0.39, 0.29) is 12.0 Å². The number of aliphatic hydroxyl groups is 1. The van der Waals surface area contributed by atoms with Crippen molar-refractivity contribution in [1.29, 1.82) is 0 Å². The van der Waals surface area contributed by atoms with Crippen molar-refractivity contribution in [2.75, 3.05) is 19.7 Å². The molecule has 1 aromatic carbocycles. The molecule has 120 valence electrons. The van der Waals surface area contributed by atoms with Crippen molar-refractivity contribution < 1.29 is 5.11 Å². The second-order valence-electron chi connectivity index (χ2n) is 6.95. The molecular weight excluding hydrogens is 296 g/mol. The van der Waals surface area contributed by atoms with Crippen LogP contribution in [0.25, 0.3) is 10.9 Å². The number of nitrogens with zero attached hydrogens (tertiary/aromatic N) is 2. The maximum Gasteiger partial charge on any atom is 0.0761 e. The number of fused-ring (bicyclic) bond motifs is 1. The number of aromatic nitrogens is 1. The van der Waals surface area contributed by atoms with Gasteiger partial charge in [-0.05, 0) is 35.6 Å². The minimum Gasteiger partial charge on any atom is -0.396 e. The Labute approximate surface area is 137 Å². The van der Waals surface area contributed by atoms with Crippen molar-refractivity contribution in [2.45, 2.75) is 33.7 Å². The van der Waals surface area contributed by atoms with E-state index in [2.05, 4.69) is 36.7 Å². The van der Waals surface area contributed by atoms with Crippen molar-refractivity contribution in [3.8, 4) is 0 Å². The summed E-state index contributed by atoms with van der Waals surface area (Å²) in [6.07, 6.45) is 2.60. The molecule has 1 N–H and O–H groups in total. The van der Waals surface area contributed by atoms with Crippen LogP contribution in [0.2, 0.25) is 5.02 Å². The van der Waals surface area contributed by atoms with E-state index in [0.717, 1.165) is 42.0 Å². The van der Waals surface area contributed by atoms with Crippen LogP contribution in [0.1, 0.15) is 32.8 Å². The summed E-state index contributed by atoms with van der Waals surface area (Å²) in [7, 11) is 0. The summed E-state index contributed by atoms with van der Waals surface area (Å²) in [5.74, 6) is 0. The molecule has 0 aliphatic heterocycles. The zero-order valence-corrected chi connectivity index (χ0v) is 14.4. The molecule has 2 aromatic rings. The molecule has 0 atom stereocenters. The molecule has 0 saturated heterocycles. The number of benzene rings is 1. The summed E-state index contributed by atoms with van der Waals surface area (Å²) < 4.78 is 0. The Kier molecular flexibility index (Phi) is 5.79. The highest BCUT2D eigenvalue weighted by Crippen LogP contribution is 2.26. The highest BCUT2D eigenvalue weighted by atomic mass is 35.5. The van der Waals surface area contributed by atoms with Gasteiger partial charge in [-0.25, -0.2) is 0 Å². The average molecular weight is 321 g/mol.